The highest BCUT2D eigenvalue weighted by atomic mass is 19.4. The first-order valence-corrected chi connectivity index (χ1v) is 8.31. The van der Waals surface area contributed by atoms with Crippen LogP contribution >= 0.6 is 0 Å². The molecule has 2 N–H and O–H groups in total. The maximum atomic E-state index is 12.8. The average molecular weight is 336 g/mol. The number of hydrogen-bond acceptors (Lipinski definition) is 3. The van der Waals surface area contributed by atoms with E-state index in [1.165, 1.54) is 11.8 Å². The Morgan fingerprint density at radius 3 is 2.30 bits per heavy atom. The summed E-state index contributed by atoms with van der Waals surface area (Å²) in [7, 11) is 0. The van der Waals surface area contributed by atoms with Gasteiger partial charge in [-0.05, 0) is 33.1 Å². The molecule has 0 aromatic heterocycles. The van der Waals surface area contributed by atoms with Crippen molar-refractivity contribution in [1.82, 2.24) is 15.1 Å². The zero-order valence-electron chi connectivity index (χ0n) is 13.9. The van der Waals surface area contributed by atoms with Crippen LogP contribution in [0.25, 0.3) is 0 Å². The summed E-state index contributed by atoms with van der Waals surface area (Å²) in [5.41, 5.74) is -0.687. The largest absolute Gasteiger partial charge is 0.403 e. The van der Waals surface area contributed by atoms with Gasteiger partial charge >= 0.3 is 6.18 Å². The van der Waals surface area contributed by atoms with Crippen LogP contribution in [0.2, 0.25) is 0 Å². The normalized spacial score (nSPS) is 24.3. The summed E-state index contributed by atoms with van der Waals surface area (Å²) in [6, 6.07) is -1.42. The molecule has 0 bridgehead atoms. The Bertz CT molecular complexity index is 415. The highest BCUT2D eigenvalue weighted by molar-refractivity contribution is 5.80. The summed E-state index contributed by atoms with van der Waals surface area (Å²) in [5, 5.41) is 13.3. The predicted octanol–water partition coefficient (Wildman–Crippen LogP) is 1.44. The van der Waals surface area contributed by atoms with Crippen molar-refractivity contribution in [3.05, 3.63) is 0 Å². The molecule has 2 aliphatic rings. The van der Waals surface area contributed by atoms with Crippen LogP contribution in [0.15, 0.2) is 4.99 Å². The molecule has 1 unspecified atom stereocenters. The molecule has 1 aliphatic heterocycles. The molecule has 1 aliphatic carbocycles. The minimum Gasteiger partial charge on any atom is -0.388 e. The SMILES string of the molecule is CCNC(=NCC1(O)CCC1)N1CCN(C(C)C(F)(F)F)CC1. The van der Waals surface area contributed by atoms with E-state index in [-0.39, 0.29) is 0 Å². The van der Waals surface area contributed by atoms with Gasteiger partial charge in [0, 0.05) is 32.7 Å². The summed E-state index contributed by atoms with van der Waals surface area (Å²) in [4.78, 5) is 7.93. The fourth-order valence-electron chi connectivity index (χ4n) is 2.92. The van der Waals surface area contributed by atoms with Crippen LogP contribution in [-0.2, 0) is 0 Å². The van der Waals surface area contributed by atoms with Crippen molar-refractivity contribution >= 4 is 5.96 Å². The fraction of sp³-hybridized carbons (Fsp3) is 0.933. The van der Waals surface area contributed by atoms with Gasteiger partial charge in [-0.1, -0.05) is 0 Å². The maximum absolute atomic E-state index is 12.8. The Labute approximate surface area is 135 Å². The highest BCUT2D eigenvalue weighted by Gasteiger charge is 2.41. The van der Waals surface area contributed by atoms with E-state index >= 15 is 0 Å². The van der Waals surface area contributed by atoms with Gasteiger partial charge in [0.25, 0.3) is 0 Å². The first-order chi connectivity index (χ1) is 10.7. The van der Waals surface area contributed by atoms with Crippen molar-refractivity contribution in [3.63, 3.8) is 0 Å². The molecule has 0 amide bonds. The van der Waals surface area contributed by atoms with Crippen molar-refractivity contribution in [2.75, 3.05) is 39.3 Å². The van der Waals surface area contributed by atoms with E-state index < -0.39 is 17.8 Å². The van der Waals surface area contributed by atoms with Crippen LogP contribution in [0.1, 0.15) is 33.1 Å². The number of alkyl halides is 3. The number of guanidine groups is 1. The standard InChI is InChI=1S/C15H27F3N4O/c1-3-19-13(20-11-14(23)5-4-6-14)22-9-7-21(8-10-22)12(2)15(16,17)18/h12,23H,3-11H2,1-2H3,(H,19,20). The van der Waals surface area contributed by atoms with Crippen LogP contribution < -0.4 is 5.32 Å². The average Bonchev–Trinajstić information content (AvgIpc) is 2.48. The lowest BCUT2D eigenvalue weighted by Crippen LogP contribution is -2.57. The smallest absolute Gasteiger partial charge is 0.388 e. The molecule has 8 heteroatoms. The summed E-state index contributed by atoms with van der Waals surface area (Å²) in [6.45, 7) is 5.93. The molecule has 1 saturated heterocycles. The van der Waals surface area contributed by atoms with Gasteiger partial charge in [-0.15, -0.1) is 0 Å². The summed E-state index contributed by atoms with van der Waals surface area (Å²) in [5.74, 6) is 0.687. The van der Waals surface area contributed by atoms with Gasteiger partial charge in [-0.25, -0.2) is 0 Å². The maximum Gasteiger partial charge on any atom is 0.403 e. The van der Waals surface area contributed by atoms with E-state index in [1.807, 2.05) is 11.8 Å². The van der Waals surface area contributed by atoms with Crippen LogP contribution in [0.4, 0.5) is 13.2 Å². The first-order valence-electron chi connectivity index (χ1n) is 8.31. The van der Waals surface area contributed by atoms with Crippen molar-refractivity contribution < 1.29 is 18.3 Å². The van der Waals surface area contributed by atoms with E-state index in [0.717, 1.165) is 19.3 Å². The number of hydrogen-bond donors (Lipinski definition) is 2. The van der Waals surface area contributed by atoms with Gasteiger partial charge in [0.1, 0.15) is 6.04 Å². The summed E-state index contributed by atoms with van der Waals surface area (Å²) < 4.78 is 38.4. The van der Waals surface area contributed by atoms with E-state index in [1.54, 1.807) is 0 Å². The quantitative estimate of drug-likeness (QED) is 0.602. The van der Waals surface area contributed by atoms with E-state index in [2.05, 4.69) is 10.3 Å². The fourth-order valence-corrected chi connectivity index (χ4v) is 2.92. The zero-order valence-corrected chi connectivity index (χ0v) is 13.9. The molecule has 0 radical (unpaired) electrons. The lowest BCUT2D eigenvalue weighted by atomic mass is 9.80. The topological polar surface area (TPSA) is 51.1 Å². The third kappa shape index (κ3) is 4.73. The minimum absolute atomic E-state index is 0.356. The molecular formula is C15H27F3N4O. The van der Waals surface area contributed by atoms with Crippen LogP contribution in [0.5, 0.6) is 0 Å². The van der Waals surface area contributed by atoms with Gasteiger partial charge < -0.3 is 15.3 Å². The van der Waals surface area contributed by atoms with Crippen molar-refractivity contribution in [2.45, 2.75) is 50.9 Å². The molecular weight excluding hydrogens is 309 g/mol. The second-order valence-corrected chi connectivity index (χ2v) is 6.49. The Kier molecular flexibility index (Phi) is 5.78. The molecule has 1 saturated carbocycles. The molecule has 1 atom stereocenters. The molecule has 1 heterocycles. The van der Waals surface area contributed by atoms with E-state index in [4.69, 9.17) is 0 Å². The number of piperazine rings is 1. The zero-order chi connectivity index (χ0) is 17.1. The molecule has 0 spiro atoms. The van der Waals surface area contributed by atoms with Gasteiger partial charge in [-0.3, -0.25) is 9.89 Å². The molecule has 23 heavy (non-hydrogen) atoms. The van der Waals surface area contributed by atoms with E-state index in [9.17, 15) is 18.3 Å². The molecule has 0 aromatic rings. The van der Waals surface area contributed by atoms with Gasteiger partial charge in [0.2, 0.25) is 0 Å². The lowest BCUT2D eigenvalue weighted by molar-refractivity contribution is -0.181. The summed E-state index contributed by atoms with van der Waals surface area (Å²) in [6.07, 6.45) is -1.62. The summed E-state index contributed by atoms with van der Waals surface area (Å²) >= 11 is 0. The Balaban J connectivity index is 1.91. The van der Waals surface area contributed by atoms with Crippen LogP contribution in [-0.4, -0.2) is 78.0 Å². The number of rotatable bonds is 4. The third-order valence-electron chi connectivity index (χ3n) is 4.78. The predicted molar refractivity (Wildman–Crippen MR) is 83.4 cm³/mol. The minimum atomic E-state index is -4.19. The van der Waals surface area contributed by atoms with Gasteiger partial charge in [-0.2, -0.15) is 13.2 Å². The number of nitrogens with one attached hydrogen (secondary N) is 1. The monoisotopic (exact) mass is 336 g/mol. The molecule has 5 nitrogen and oxygen atoms in total. The molecule has 134 valence electrons. The number of halogens is 3. The number of aliphatic hydroxyl groups is 1. The van der Waals surface area contributed by atoms with Crippen molar-refractivity contribution in [2.24, 2.45) is 4.99 Å². The van der Waals surface area contributed by atoms with Crippen molar-refractivity contribution in [1.29, 1.82) is 0 Å². The number of nitrogens with zero attached hydrogens (tertiary/aromatic N) is 3. The highest BCUT2D eigenvalue weighted by Crippen LogP contribution is 2.31. The Morgan fingerprint density at radius 1 is 1.26 bits per heavy atom. The van der Waals surface area contributed by atoms with Crippen LogP contribution in [0.3, 0.4) is 0 Å². The second-order valence-electron chi connectivity index (χ2n) is 6.49. The Hall–Kier alpha value is -1.02. The third-order valence-corrected chi connectivity index (χ3v) is 4.78. The van der Waals surface area contributed by atoms with Crippen LogP contribution in [0, 0.1) is 0 Å². The number of aliphatic imine (C=N–C) groups is 1. The first kappa shape index (κ1) is 18.3. The second kappa shape index (κ2) is 7.25. The lowest BCUT2D eigenvalue weighted by Gasteiger charge is -2.40. The molecule has 0 aromatic carbocycles. The molecule has 2 fully saturated rings. The molecule has 2 rings (SSSR count). The van der Waals surface area contributed by atoms with E-state index in [0.29, 0.717) is 45.2 Å². The van der Waals surface area contributed by atoms with Gasteiger partial charge in [0.05, 0.1) is 12.1 Å². The Morgan fingerprint density at radius 2 is 1.87 bits per heavy atom. The van der Waals surface area contributed by atoms with Gasteiger partial charge in [0.15, 0.2) is 5.96 Å². The van der Waals surface area contributed by atoms with Crippen molar-refractivity contribution in [3.8, 4) is 0 Å².